The van der Waals surface area contributed by atoms with Gasteiger partial charge in [0.1, 0.15) is 11.4 Å². The number of ether oxygens (including phenoxy) is 1. The minimum Gasteiger partial charge on any atom is -0.444 e. The molecule has 1 aromatic rings. The number of allylic oxidation sites excluding steroid dienone is 1. The lowest BCUT2D eigenvalue weighted by molar-refractivity contribution is -0.0509. The van der Waals surface area contributed by atoms with Crippen molar-refractivity contribution in [3.05, 3.63) is 41.0 Å². The number of hydrogen-bond acceptors (Lipinski definition) is 5. The number of hydrogen-bond donors (Lipinski definition) is 0. The number of rotatable bonds is 2. The van der Waals surface area contributed by atoms with Crippen molar-refractivity contribution in [2.75, 3.05) is 13.1 Å². The van der Waals surface area contributed by atoms with Crippen LogP contribution in [0.5, 0.6) is 0 Å². The average Bonchev–Trinajstić information content (AvgIpc) is 2.85. The molecule has 0 aromatic heterocycles. The first-order chi connectivity index (χ1) is 13.6. The molecule has 0 radical (unpaired) electrons. The Balaban J connectivity index is 1.89. The first-order valence-electron chi connectivity index (χ1n) is 9.47. The third-order valence-electron chi connectivity index (χ3n) is 5.17. The summed E-state index contributed by atoms with van der Waals surface area (Å²) in [7, 11) is -5.79. The summed E-state index contributed by atoms with van der Waals surface area (Å²) in [6.07, 6.45) is 1.80. The lowest BCUT2D eigenvalue weighted by Crippen LogP contribution is -2.45. The second kappa shape index (κ2) is 7.18. The zero-order chi connectivity index (χ0) is 22.5. The van der Waals surface area contributed by atoms with Crippen molar-refractivity contribution >= 4 is 22.0 Å². The molecule has 0 saturated carbocycles. The van der Waals surface area contributed by atoms with E-state index < -0.39 is 32.7 Å². The molecular weight excluding hydrogens is 423 g/mol. The summed E-state index contributed by atoms with van der Waals surface area (Å²) in [4.78, 5) is 13.9. The van der Waals surface area contributed by atoms with Gasteiger partial charge in [0, 0.05) is 24.1 Å². The number of fused-ring (bicyclic) bond motifs is 2. The predicted octanol–water partition coefficient (Wildman–Crippen LogP) is 4.48. The molecule has 6 nitrogen and oxygen atoms in total. The lowest BCUT2D eigenvalue weighted by Gasteiger charge is -2.39. The van der Waals surface area contributed by atoms with Gasteiger partial charge in [-0.15, -0.1) is 0 Å². The molecule has 166 valence electrons. The van der Waals surface area contributed by atoms with Gasteiger partial charge in [-0.1, -0.05) is 17.7 Å². The molecule has 0 N–H and O–H groups in total. The van der Waals surface area contributed by atoms with Gasteiger partial charge in [-0.25, -0.2) is 4.79 Å². The van der Waals surface area contributed by atoms with E-state index in [0.717, 1.165) is 5.56 Å². The number of alkyl halides is 3. The van der Waals surface area contributed by atoms with Crippen molar-refractivity contribution in [1.29, 1.82) is 0 Å². The minimum atomic E-state index is -5.79. The van der Waals surface area contributed by atoms with E-state index in [9.17, 15) is 26.4 Å². The quantitative estimate of drug-likeness (QED) is 0.494. The summed E-state index contributed by atoms with van der Waals surface area (Å²) in [6.45, 7) is 7.68. The minimum absolute atomic E-state index is 0.317. The fraction of sp³-hybridized carbons (Fsp3) is 0.550. The standard InChI is InChI=1S/C20H24F3NO5S/c1-13-5-6-15-14(11-13)16(29-30(26,27)20(21,22)23)12-19(15)7-9-24(10-8-19)17(25)28-18(2,3)4/h5-6,11-12H,7-10H2,1-4H3. The maximum atomic E-state index is 12.9. The first kappa shape index (κ1) is 22.5. The molecular formula is C20H24F3NO5S. The smallest absolute Gasteiger partial charge is 0.444 e. The summed E-state index contributed by atoms with van der Waals surface area (Å²) >= 11 is 0. The average molecular weight is 447 g/mol. The largest absolute Gasteiger partial charge is 0.534 e. The van der Waals surface area contributed by atoms with Crippen LogP contribution in [0.4, 0.5) is 18.0 Å². The molecule has 1 heterocycles. The van der Waals surface area contributed by atoms with Crippen molar-refractivity contribution in [2.45, 2.75) is 57.1 Å². The Morgan fingerprint density at radius 3 is 2.27 bits per heavy atom. The second-order valence-electron chi connectivity index (χ2n) is 8.66. The molecule has 0 bridgehead atoms. The van der Waals surface area contributed by atoms with Crippen LogP contribution in [-0.4, -0.2) is 43.6 Å². The molecule has 1 aliphatic heterocycles. The van der Waals surface area contributed by atoms with Crippen molar-refractivity contribution in [1.82, 2.24) is 4.90 Å². The number of amides is 1. The number of carbonyl (C=O) groups excluding carboxylic acids is 1. The third kappa shape index (κ3) is 4.28. The molecule has 1 spiro atoms. The number of piperidine rings is 1. The van der Waals surface area contributed by atoms with Crippen molar-refractivity contribution in [3.63, 3.8) is 0 Å². The van der Waals surface area contributed by atoms with Crippen molar-refractivity contribution < 1.29 is 35.3 Å². The fourth-order valence-corrected chi connectivity index (χ4v) is 4.23. The van der Waals surface area contributed by atoms with E-state index >= 15 is 0 Å². The zero-order valence-corrected chi connectivity index (χ0v) is 18.0. The van der Waals surface area contributed by atoms with E-state index in [4.69, 9.17) is 4.74 Å². The van der Waals surface area contributed by atoms with E-state index in [1.165, 1.54) is 6.08 Å². The maximum Gasteiger partial charge on any atom is 0.534 e. The lowest BCUT2D eigenvalue weighted by atomic mass is 9.74. The number of likely N-dealkylation sites (tertiary alicyclic amines) is 1. The van der Waals surface area contributed by atoms with E-state index in [-0.39, 0.29) is 5.76 Å². The summed E-state index contributed by atoms with van der Waals surface area (Å²) in [5, 5.41) is 0. The molecule has 1 aliphatic carbocycles. The van der Waals surface area contributed by atoms with Crippen LogP contribution in [0.3, 0.4) is 0 Å². The van der Waals surface area contributed by atoms with E-state index in [0.29, 0.717) is 37.1 Å². The van der Waals surface area contributed by atoms with Crippen molar-refractivity contribution in [3.8, 4) is 0 Å². The van der Waals surface area contributed by atoms with Gasteiger partial charge < -0.3 is 13.8 Å². The Morgan fingerprint density at radius 1 is 1.13 bits per heavy atom. The Morgan fingerprint density at radius 2 is 1.73 bits per heavy atom. The Kier molecular flexibility index (Phi) is 5.37. The molecule has 1 fully saturated rings. The van der Waals surface area contributed by atoms with Gasteiger partial charge in [0.2, 0.25) is 0 Å². The van der Waals surface area contributed by atoms with E-state index in [1.807, 2.05) is 6.07 Å². The van der Waals surface area contributed by atoms with Crippen LogP contribution in [0.1, 0.15) is 50.3 Å². The van der Waals surface area contributed by atoms with E-state index in [1.54, 1.807) is 44.7 Å². The van der Waals surface area contributed by atoms with Crippen LogP contribution in [-0.2, 0) is 24.5 Å². The van der Waals surface area contributed by atoms with Crippen LogP contribution in [0.25, 0.3) is 5.76 Å². The van der Waals surface area contributed by atoms with Gasteiger partial charge in [-0.05, 0) is 58.2 Å². The Labute approximate surface area is 173 Å². The van der Waals surface area contributed by atoms with Crippen LogP contribution >= 0.6 is 0 Å². The maximum absolute atomic E-state index is 12.9. The van der Waals surface area contributed by atoms with Crippen LogP contribution in [0.15, 0.2) is 24.3 Å². The summed E-state index contributed by atoms with van der Waals surface area (Å²) in [5.41, 5.74) is -5.09. The van der Waals surface area contributed by atoms with Crippen molar-refractivity contribution in [2.24, 2.45) is 0 Å². The Hall–Kier alpha value is -2.23. The number of aryl methyl sites for hydroxylation is 1. The molecule has 1 aromatic carbocycles. The molecule has 10 heteroatoms. The predicted molar refractivity (Wildman–Crippen MR) is 104 cm³/mol. The number of carbonyl (C=O) groups is 1. The number of nitrogens with zero attached hydrogens (tertiary/aromatic N) is 1. The third-order valence-corrected chi connectivity index (χ3v) is 6.14. The summed E-state index contributed by atoms with van der Waals surface area (Å²) < 4.78 is 71.6. The van der Waals surface area contributed by atoms with Gasteiger partial charge in [0.15, 0.2) is 0 Å². The zero-order valence-electron chi connectivity index (χ0n) is 17.2. The number of benzene rings is 1. The second-order valence-corrected chi connectivity index (χ2v) is 10.2. The topological polar surface area (TPSA) is 72.9 Å². The van der Waals surface area contributed by atoms with Gasteiger partial charge in [0.05, 0.1) is 0 Å². The van der Waals surface area contributed by atoms with Gasteiger partial charge in [-0.3, -0.25) is 0 Å². The Bertz CT molecular complexity index is 985. The van der Waals surface area contributed by atoms with Gasteiger partial charge >= 0.3 is 21.7 Å². The summed E-state index contributed by atoms with van der Waals surface area (Å²) in [5.74, 6) is -0.322. The highest BCUT2D eigenvalue weighted by Crippen LogP contribution is 2.48. The van der Waals surface area contributed by atoms with Gasteiger partial charge in [-0.2, -0.15) is 21.6 Å². The number of halogens is 3. The molecule has 30 heavy (non-hydrogen) atoms. The SMILES string of the molecule is Cc1ccc2c(c1)C(OS(=O)(=O)C(F)(F)F)=CC21CCN(C(=O)OC(C)(C)C)CC1. The van der Waals surface area contributed by atoms with Gasteiger partial charge in [0.25, 0.3) is 0 Å². The first-order valence-corrected chi connectivity index (χ1v) is 10.9. The molecule has 2 aliphatic rings. The highest BCUT2D eigenvalue weighted by molar-refractivity contribution is 7.87. The van der Waals surface area contributed by atoms with E-state index in [2.05, 4.69) is 4.18 Å². The fourth-order valence-electron chi connectivity index (χ4n) is 3.77. The highest BCUT2D eigenvalue weighted by atomic mass is 32.2. The van der Waals surface area contributed by atoms with Crippen LogP contribution in [0.2, 0.25) is 0 Å². The molecule has 3 rings (SSSR count). The normalized spacial score (nSPS) is 18.8. The molecule has 0 atom stereocenters. The molecule has 0 unspecified atom stereocenters. The highest BCUT2D eigenvalue weighted by Gasteiger charge is 2.51. The molecule has 1 amide bonds. The van der Waals surface area contributed by atoms with Crippen LogP contribution in [0, 0.1) is 6.92 Å². The molecule has 1 saturated heterocycles. The summed E-state index contributed by atoms with van der Waals surface area (Å²) in [6, 6.07) is 5.21. The monoisotopic (exact) mass is 447 g/mol. The van der Waals surface area contributed by atoms with Crippen LogP contribution < -0.4 is 0 Å².